The van der Waals surface area contributed by atoms with E-state index in [4.69, 9.17) is 4.74 Å². The lowest BCUT2D eigenvalue weighted by Gasteiger charge is -2.38. The van der Waals surface area contributed by atoms with E-state index in [9.17, 15) is 13.2 Å². The number of benzene rings is 1. The Balaban J connectivity index is 1.94. The fourth-order valence-electron chi connectivity index (χ4n) is 1.82. The molecule has 2 N–H and O–H groups in total. The zero-order chi connectivity index (χ0) is 14.8. The lowest BCUT2D eigenvalue weighted by Crippen LogP contribution is -2.59. The van der Waals surface area contributed by atoms with Crippen molar-refractivity contribution in [2.45, 2.75) is 17.4 Å². The molecule has 20 heavy (non-hydrogen) atoms. The zero-order valence-electron chi connectivity index (χ0n) is 11.5. The maximum atomic E-state index is 11.8. The van der Waals surface area contributed by atoms with Crippen molar-refractivity contribution in [3.05, 3.63) is 24.3 Å². The van der Waals surface area contributed by atoms with Gasteiger partial charge in [0.05, 0.1) is 10.5 Å². The Morgan fingerprint density at radius 2 is 2.15 bits per heavy atom. The molecule has 1 fully saturated rings. The van der Waals surface area contributed by atoms with Crippen LogP contribution in [0.2, 0.25) is 0 Å². The van der Waals surface area contributed by atoms with Gasteiger partial charge in [0, 0.05) is 25.0 Å². The molecular formula is C13H18N2O4S. The Hall–Kier alpha value is -1.44. The van der Waals surface area contributed by atoms with Gasteiger partial charge in [0.2, 0.25) is 5.91 Å². The van der Waals surface area contributed by atoms with Crippen LogP contribution in [0.25, 0.3) is 0 Å². The van der Waals surface area contributed by atoms with E-state index in [0.717, 1.165) is 19.3 Å². The quantitative estimate of drug-likeness (QED) is 0.822. The Morgan fingerprint density at radius 1 is 1.45 bits per heavy atom. The molecule has 7 heteroatoms. The van der Waals surface area contributed by atoms with Crippen molar-refractivity contribution in [1.82, 2.24) is 5.32 Å². The minimum atomic E-state index is -3.28. The molecule has 1 aliphatic rings. The van der Waals surface area contributed by atoms with E-state index in [0.29, 0.717) is 5.69 Å². The minimum Gasteiger partial charge on any atom is -0.363 e. The van der Waals surface area contributed by atoms with Gasteiger partial charge in [-0.15, -0.1) is 0 Å². The van der Waals surface area contributed by atoms with Crippen molar-refractivity contribution in [3.63, 3.8) is 0 Å². The number of anilines is 1. The molecule has 1 saturated heterocycles. The second-order valence-electron chi connectivity index (χ2n) is 5.19. The fourth-order valence-corrected chi connectivity index (χ4v) is 2.49. The highest BCUT2D eigenvalue weighted by atomic mass is 32.2. The molecule has 0 aromatic heterocycles. The summed E-state index contributed by atoms with van der Waals surface area (Å²) in [5.74, 6) is -0.302. The number of nitrogens with one attached hydrogen (secondary N) is 2. The van der Waals surface area contributed by atoms with Gasteiger partial charge in [-0.1, -0.05) is 6.07 Å². The van der Waals surface area contributed by atoms with E-state index in [1.54, 1.807) is 12.1 Å². The van der Waals surface area contributed by atoms with Gasteiger partial charge in [-0.05, 0) is 25.1 Å². The van der Waals surface area contributed by atoms with Crippen LogP contribution >= 0.6 is 0 Å². The van der Waals surface area contributed by atoms with Crippen molar-refractivity contribution >= 4 is 21.4 Å². The predicted octanol–water partition coefficient (Wildman–Crippen LogP) is 0.407. The molecule has 1 aromatic rings. The summed E-state index contributed by atoms with van der Waals surface area (Å²) >= 11 is 0. The standard InChI is InChI=1S/C13H18N2O4S/c1-13(8-14-9-13)19-7-12(16)15-10-4-3-5-11(6-10)20(2,17)18/h3-6,14H,7-9H2,1-2H3,(H,15,16). The molecule has 110 valence electrons. The zero-order valence-corrected chi connectivity index (χ0v) is 12.3. The first kappa shape index (κ1) is 15.0. The second-order valence-corrected chi connectivity index (χ2v) is 7.21. The van der Waals surface area contributed by atoms with Gasteiger partial charge in [-0.2, -0.15) is 0 Å². The highest BCUT2D eigenvalue weighted by Crippen LogP contribution is 2.17. The highest BCUT2D eigenvalue weighted by molar-refractivity contribution is 7.90. The third-order valence-electron chi connectivity index (χ3n) is 3.10. The smallest absolute Gasteiger partial charge is 0.250 e. The molecule has 0 unspecified atom stereocenters. The summed E-state index contributed by atoms with van der Waals surface area (Å²) in [6, 6.07) is 6.14. The van der Waals surface area contributed by atoms with E-state index < -0.39 is 9.84 Å². The summed E-state index contributed by atoms with van der Waals surface area (Å²) in [7, 11) is -3.28. The first-order valence-corrected chi connectivity index (χ1v) is 8.12. The molecule has 0 saturated carbocycles. The van der Waals surface area contributed by atoms with Gasteiger partial charge in [-0.3, -0.25) is 4.79 Å². The number of carbonyl (C=O) groups excluding carboxylic acids is 1. The van der Waals surface area contributed by atoms with Gasteiger partial charge >= 0.3 is 0 Å². The number of hydrogen-bond acceptors (Lipinski definition) is 5. The molecule has 1 heterocycles. The van der Waals surface area contributed by atoms with Gasteiger partial charge in [0.25, 0.3) is 0 Å². The van der Waals surface area contributed by atoms with E-state index in [-0.39, 0.29) is 23.0 Å². The number of sulfone groups is 1. The molecule has 0 atom stereocenters. The van der Waals surface area contributed by atoms with E-state index >= 15 is 0 Å². The van der Waals surface area contributed by atoms with E-state index in [1.165, 1.54) is 12.1 Å². The maximum Gasteiger partial charge on any atom is 0.250 e. The van der Waals surface area contributed by atoms with Gasteiger partial charge in [-0.25, -0.2) is 8.42 Å². The Kier molecular flexibility index (Phi) is 4.12. The average Bonchev–Trinajstić information content (AvgIpc) is 2.33. The Bertz CT molecular complexity index is 609. The van der Waals surface area contributed by atoms with Crippen LogP contribution in [0, 0.1) is 0 Å². The van der Waals surface area contributed by atoms with Crippen molar-refractivity contribution in [3.8, 4) is 0 Å². The molecule has 1 amide bonds. The monoisotopic (exact) mass is 298 g/mol. The van der Waals surface area contributed by atoms with Crippen LogP contribution < -0.4 is 10.6 Å². The second kappa shape index (κ2) is 5.51. The minimum absolute atomic E-state index is 0.0543. The molecule has 1 aromatic carbocycles. The summed E-state index contributed by atoms with van der Waals surface area (Å²) in [5.41, 5.74) is 0.157. The Labute approximate surface area is 118 Å². The summed E-state index contributed by atoms with van der Waals surface area (Å²) in [6.07, 6.45) is 1.13. The summed E-state index contributed by atoms with van der Waals surface area (Å²) in [4.78, 5) is 11.9. The molecule has 2 rings (SSSR count). The number of ether oxygens (including phenoxy) is 1. The van der Waals surface area contributed by atoms with Crippen LogP contribution in [0.4, 0.5) is 5.69 Å². The van der Waals surface area contributed by atoms with Crippen LogP contribution in [0.5, 0.6) is 0 Å². The van der Waals surface area contributed by atoms with Crippen molar-refractivity contribution in [2.24, 2.45) is 0 Å². The van der Waals surface area contributed by atoms with Gasteiger partial charge in [0.1, 0.15) is 6.61 Å². The lowest BCUT2D eigenvalue weighted by molar-refractivity contribution is -0.130. The number of rotatable bonds is 5. The predicted molar refractivity (Wildman–Crippen MR) is 75.4 cm³/mol. The normalized spacial score (nSPS) is 17.3. The average molecular weight is 298 g/mol. The number of carbonyl (C=O) groups is 1. The van der Waals surface area contributed by atoms with E-state index in [2.05, 4.69) is 10.6 Å². The largest absolute Gasteiger partial charge is 0.363 e. The third kappa shape index (κ3) is 3.78. The molecule has 0 spiro atoms. The SMILES string of the molecule is CC1(OCC(=O)Nc2cccc(S(C)(=O)=O)c2)CNC1. The molecule has 0 bridgehead atoms. The topological polar surface area (TPSA) is 84.5 Å². The first-order valence-electron chi connectivity index (χ1n) is 6.23. The van der Waals surface area contributed by atoms with Crippen molar-refractivity contribution in [1.29, 1.82) is 0 Å². The van der Waals surface area contributed by atoms with Gasteiger partial charge < -0.3 is 15.4 Å². The molecule has 0 aliphatic carbocycles. The maximum absolute atomic E-state index is 11.8. The first-order chi connectivity index (χ1) is 9.28. The van der Waals surface area contributed by atoms with E-state index in [1.807, 2.05) is 6.92 Å². The van der Waals surface area contributed by atoms with Gasteiger partial charge in [0.15, 0.2) is 9.84 Å². The lowest BCUT2D eigenvalue weighted by atomic mass is 10.0. The molecule has 0 radical (unpaired) electrons. The van der Waals surface area contributed by atoms with Crippen LogP contribution in [0.3, 0.4) is 0 Å². The Morgan fingerprint density at radius 3 is 2.70 bits per heavy atom. The van der Waals surface area contributed by atoms with Crippen LogP contribution in [-0.4, -0.2) is 45.9 Å². The third-order valence-corrected chi connectivity index (χ3v) is 4.21. The van der Waals surface area contributed by atoms with Crippen LogP contribution in [-0.2, 0) is 19.4 Å². The van der Waals surface area contributed by atoms with Crippen LogP contribution in [0.15, 0.2) is 29.2 Å². The molecule has 1 aliphatic heterocycles. The fraction of sp³-hybridized carbons (Fsp3) is 0.462. The summed E-state index contributed by atoms with van der Waals surface area (Å²) in [6.45, 7) is 3.33. The summed E-state index contributed by atoms with van der Waals surface area (Å²) in [5, 5.41) is 5.70. The van der Waals surface area contributed by atoms with Crippen molar-refractivity contribution in [2.75, 3.05) is 31.3 Å². The number of hydrogen-bond donors (Lipinski definition) is 2. The highest BCUT2D eigenvalue weighted by Gasteiger charge is 2.32. The summed E-state index contributed by atoms with van der Waals surface area (Å²) < 4.78 is 28.4. The molecular weight excluding hydrogens is 280 g/mol. The van der Waals surface area contributed by atoms with Crippen LogP contribution in [0.1, 0.15) is 6.92 Å². The van der Waals surface area contributed by atoms with Crippen molar-refractivity contribution < 1.29 is 17.9 Å². The number of amides is 1. The molecule has 6 nitrogen and oxygen atoms in total.